The fourth-order valence-electron chi connectivity index (χ4n) is 1.96. The van der Waals surface area contributed by atoms with Crippen molar-refractivity contribution >= 4 is 27.3 Å². The van der Waals surface area contributed by atoms with Crippen LogP contribution in [0.3, 0.4) is 0 Å². The number of aromatic nitrogens is 2. The van der Waals surface area contributed by atoms with Gasteiger partial charge in [0, 0.05) is 4.88 Å². The summed E-state index contributed by atoms with van der Waals surface area (Å²) < 4.78 is 1.48. The summed E-state index contributed by atoms with van der Waals surface area (Å²) in [5, 5.41) is 0.621. The summed E-state index contributed by atoms with van der Waals surface area (Å²) in [5.74, 6) is 0.562. The number of thiophene rings is 1. The molecule has 5 heteroatoms. The zero-order chi connectivity index (χ0) is 13.4. The van der Waals surface area contributed by atoms with E-state index < -0.39 is 6.04 Å². The maximum absolute atomic E-state index is 12.4. The van der Waals surface area contributed by atoms with Gasteiger partial charge in [-0.25, -0.2) is 4.98 Å². The van der Waals surface area contributed by atoms with Crippen LogP contribution in [0.4, 0.5) is 0 Å². The van der Waals surface area contributed by atoms with Gasteiger partial charge in [0.05, 0.1) is 11.4 Å². The van der Waals surface area contributed by atoms with Crippen molar-refractivity contribution in [3.63, 3.8) is 0 Å². The molecule has 0 aromatic carbocycles. The van der Waals surface area contributed by atoms with E-state index in [0.717, 1.165) is 16.1 Å². The second kappa shape index (κ2) is 4.65. The van der Waals surface area contributed by atoms with Crippen LogP contribution in [0.25, 0.3) is 10.2 Å². The van der Waals surface area contributed by atoms with E-state index in [1.54, 1.807) is 25.2 Å². The highest BCUT2D eigenvalue weighted by atomic mass is 32.1. The van der Waals surface area contributed by atoms with Crippen LogP contribution < -0.4 is 5.56 Å². The van der Waals surface area contributed by atoms with Crippen molar-refractivity contribution in [3.05, 3.63) is 27.1 Å². The molecule has 0 saturated carbocycles. The standard InChI is InChI=1S/C13H16N2O2S/c1-5-10-6-11-12(18-10)14-9(4)15(13(11)17)7(2)8(3)16/h6-7H,5H2,1-4H3/t7-/m0/s1. The van der Waals surface area contributed by atoms with Crippen LogP contribution in [0.1, 0.15) is 37.5 Å². The zero-order valence-corrected chi connectivity index (χ0v) is 11.8. The highest BCUT2D eigenvalue weighted by Crippen LogP contribution is 2.22. The Hall–Kier alpha value is -1.49. The van der Waals surface area contributed by atoms with Gasteiger partial charge in [0.15, 0.2) is 5.78 Å². The molecule has 0 saturated heterocycles. The summed E-state index contributed by atoms with van der Waals surface area (Å²) in [6.07, 6.45) is 0.891. The Kier molecular flexibility index (Phi) is 3.34. The molecule has 0 radical (unpaired) electrons. The van der Waals surface area contributed by atoms with Gasteiger partial charge in [-0.15, -0.1) is 11.3 Å². The molecule has 0 unspecified atom stereocenters. The molecule has 0 spiro atoms. The van der Waals surface area contributed by atoms with Gasteiger partial charge < -0.3 is 0 Å². The van der Waals surface area contributed by atoms with Crippen molar-refractivity contribution in [2.75, 3.05) is 0 Å². The fourth-order valence-corrected chi connectivity index (χ4v) is 2.96. The molecular weight excluding hydrogens is 248 g/mol. The molecule has 0 bridgehead atoms. The van der Waals surface area contributed by atoms with Crippen LogP contribution in [0.5, 0.6) is 0 Å². The molecule has 0 N–H and O–H groups in total. The molecule has 2 rings (SSSR count). The third kappa shape index (κ3) is 1.99. The number of carbonyl (C=O) groups is 1. The van der Waals surface area contributed by atoms with Crippen LogP contribution in [0, 0.1) is 6.92 Å². The molecule has 96 valence electrons. The van der Waals surface area contributed by atoms with Crippen LogP contribution in [0.2, 0.25) is 0 Å². The number of hydrogen-bond acceptors (Lipinski definition) is 4. The van der Waals surface area contributed by atoms with E-state index in [0.29, 0.717) is 11.2 Å². The smallest absolute Gasteiger partial charge is 0.262 e. The van der Waals surface area contributed by atoms with E-state index in [2.05, 4.69) is 4.98 Å². The number of carbonyl (C=O) groups excluding carboxylic acids is 1. The van der Waals surface area contributed by atoms with E-state index in [1.807, 2.05) is 13.0 Å². The molecule has 0 fully saturated rings. The van der Waals surface area contributed by atoms with Crippen molar-refractivity contribution < 1.29 is 4.79 Å². The predicted octanol–water partition coefficient (Wildman–Crippen LogP) is 2.48. The van der Waals surface area contributed by atoms with Crippen molar-refractivity contribution in [1.82, 2.24) is 9.55 Å². The summed E-state index contributed by atoms with van der Waals surface area (Å²) in [4.78, 5) is 30.2. The number of hydrogen-bond donors (Lipinski definition) is 0. The van der Waals surface area contributed by atoms with Gasteiger partial charge in [0.2, 0.25) is 0 Å². The molecule has 18 heavy (non-hydrogen) atoms. The number of nitrogens with zero attached hydrogens (tertiary/aromatic N) is 2. The first-order chi connectivity index (χ1) is 8.45. The van der Waals surface area contributed by atoms with Crippen LogP contribution >= 0.6 is 11.3 Å². The second-order valence-electron chi connectivity index (χ2n) is 4.41. The molecule has 0 aliphatic heterocycles. The third-order valence-electron chi connectivity index (χ3n) is 3.15. The molecule has 2 heterocycles. The van der Waals surface area contributed by atoms with Crippen LogP contribution in [-0.2, 0) is 11.2 Å². The molecule has 0 amide bonds. The Morgan fingerprint density at radius 2 is 2.22 bits per heavy atom. The van der Waals surface area contributed by atoms with Gasteiger partial charge in [-0.2, -0.15) is 0 Å². The molecule has 2 aromatic rings. The first-order valence-electron chi connectivity index (χ1n) is 5.97. The van der Waals surface area contributed by atoms with E-state index in [1.165, 1.54) is 11.5 Å². The molecule has 0 aliphatic rings. The molecule has 2 aromatic heterocycles. The van der Waals surface area contributed by atoms with Crippen molar-refractivity contribution in [3.8, 4) is 0 Å². The number of Topliss-reactive ketones (excluding diaryl/α,β-unsaturated/α-hetero) is 1. The maximum atomic E-state index is 12.4. The Balaban J connectivity index is 2.75. The minimum atomic E-state index is -0.459. The van der Waals surface area contributed by atoms with Crippen LogP contribution in [-0.4, -0.2) is 15.3 Å². The van der Waals surface area contributed by atoms with Gasteiger partial charge >= 0.3 is 0 Å². The SMILES string of the molecule is CCc1cc2c(=O)n([C@@H](C)C(C)=O)c(C)nc2s1. The summed E-state index contributed by atoms with van der Waals surface area (Å²) in [7, 11) is 0. The minimum absolute atomic E-state index is 0.0349. The molecular formula is C13H16N2O2S. The Morgan fingerprint density at radius 1 is 1.56 bits per heavy atom. The Labute approximate surface area is 109 Å². The largest absolute Gasteiger partial charge is 0.298 e. The lowest BCUT2D eigenvalue weighted by Crippen LogP contribution is -2.29. The van der Waals surface area contributed by atoms with E-state index >= 15 is 0 Å². The van der Waals surface area contributed by atoms with Crippen molar-refractivity contribution in [2.24, 2.45) is 0 Å². The van der Waals surface area contributed by atoms with Gasteiger partial charge in [-0.3, -0.25) is 14.2 Å². The quantitative estimate of drug-likeness (QED) is 0.855. The van der Waals surface area contributed by atoms with E-state index in [9.17, 15) is 9.59 Å². The third-order valence-corrected chi connectivity index (χ3v) is 4.32. The highest BCUT2D eigenvalue weighted by molar-refractivity contribution is 7.18. The first kappa shape index (κ1) is 13.0. The lowest BCUT2D eigenvalue weighted by Gasteiger charge is -2.14. The topological polar surface area (TPSA) is 52.0 Å². The monoisotopic (exact) mass is 264 g/mol. The fraction of sp³-hybridized carbons (Fsp3) is 0.462. The number of rotatable bonds is 3. The average molecular weight is 264 g/mol. The predicted molar refractivity (Wildman–Crippen MR) is 73.4 cm³/mol. The number of ketones is 1. The molecule has 4 nitrogen and oxygen atoms in total. The number of fused-ring (bicyclic) bond motifs is 1. The van der Waals surface area contributed by atoms with Gasteiger partial charge in [0.25, 0.3) is 5.56 Å². The second-order valence-corrected chi connectivity index (χ2v) is 5.52. The normalized spacial score (nSPS) is 12.9. The summed E-state index contributed by atoms with van der Waals surface area (Å²) >= 11 is 1.55. The van der Waals surface area contributed by atoms with Gasteiger partial charge in [0.1, 0.15) is 10.7 Å². The van der Waals surface area contributed by atoms with E-state index in [-0.39, 0.29) is 11.3 Å². The lowest BCUT2D eigenvalue weighted by molar-refractivity contribution is -0.119. The summed E-state index contributed by atoms with van der Waals surface area (Å²) in [6.45, 7) is 7.04. The molecule has 0 aliphatic carbocycles. The van der Waals surface area contributed by atoms with E-state index in [4.69, 9.17) is 0 Å². The average Bonchev–Trinajstić information content (AvgIpc) is 2.71. The summed E-state index contributed by atoms with van der Waals surface area (Å²) in [5.41, 5.74) is -0.115. The van der Waals surface area contributed by atoms with Gasteiger partial charge in [-0.05, 0) is 33.3 Å². The van der Waals surface area contributed by atoms with Crippen molar-refractivity contribution in [2.45, 2.75) is 40.2 Å². The van der Waals surface area contributed by atoms with Crippen molar-refractivity contribution in [1.29, 1.82) is 0 Å². The highest BCUT2D eigenvalue weighted by Gasteiger charge is 2.18. The molecule has 1 atom stereocenters. The Morgan fingerprint density at radius 3 is 2.78 bits per heavy atom. The Bertz CT molecular complexity index is 669. The minimum Gasteiger partial charge on any atom is -0.298 e. The lowest BCUT2D eigenvalue weighted by atomic mass is 10.2. The van der Waals surface area contributed by atoms with Gasteiger partial charge in [-0.1, -0.05) is 6.92 Å². The first-order valence-corrected chi connectivity index (χ1v) is 6.79. The summed E-state index contributed by atoms with van der Waals surface area (Å²) in [6, 6.07) is 1.43. The zero-order valence-electron chi connectivity index (χ0n) is 11.0. The van der Waals surface area contributed by atoms with Crippen LogP contribution in [0.15, 0.2) is 10.9 Å². The maximum Gasteiger partial charge on any atom is 0.262 e. The number of aryl methyl sites for hydroxylation is 2.